The van der Waals surface area contributed by atoms with Crippen LogP contribution in [0.2, 0.25) is 0 Å². The van der Waals surface area contributed by atoms with Crippen LogP contribution in [-0.4, -0.2) is 38.7 Å². The number of hydrogen-bond donors (Lipinski definition) is 1. The van der Waals surface area contributed by atoms with Crippen molar-refractivity contribution in [3.05, 3.63) is 11.9 Å². The van der Waals surface area contributed by atoms with E-state index in [9.17, 15) is 13.9 Å². The van der Waals surface area contributed by atoms with Crippen molar-refractivity contribution in [3.63, 3.8) is 0 Å². The van der Waals surface area contributed by atoms with Crippen LogP contribution in [0.3, 0.4) is 0 Å². The molecule has 5 nitrogen and oxygen atoms in total. The zero-order chi connectivity index (χ0) is 12.3. The summed E-state index contributed by atoms with van der Waals surface area (Å²) in [6, 6.07) is 0. The van der Waals surface area contributed by atoms with E-state index in [-0.39, 0.29) is 19.4 Å². The summed E-state index contributed by atoms with van der Waals surface area (Å²) in [7, 11) is 0. The van der Waals surface area contributed by atoms with Crippen molar-refractivity contribution in [2.75, 3.05) is 6.61 Å². The smallest absolute Gasteiger partial charge is 0.267 e. The molecule has 1 aromatic rings. The summed E-state index contributed by atoms with van der Waals surface area (Å²) in [6.07, 6.45) is -1.03. The van der Waals surface area contributed by atoms with Gasteiger partial charge in [0.25, 0.3) is 6.43 Å². The average Bonchev–Trinajstić information content (AvgIpc) is 2.89. The molecule has 2 aliphatic heterocycles. The summed E-state index contributed by atoms with van der Waals surface area (Å²) < 4.78 is 32.3. The van der Waals surface area contributed by atoms with Gasteiger partial charge >= 0.3 is 0 Å². The number of aliphatic hydroxyl groups excluding tert-OH is 1. The molecule has 3 aliphatic rings. The second kappa shape index (κ2) is 3.23. The molecule has 3 heterocycles. The van der Waals surface area contributed by atoms with Crippen LogP contribution >= 0.6 is 0 Å². The van der Waals surface area contributed by atoms with Gasteiger partial charge < -0.3 is 9.84 Å². The molecule has 1 aliphatic carbocycles. The van der Waals surface area contributed by atoms with Crippen molar-refractivity contribution in [1.82, 2.24) is 15.0 Å². The van der Waals surface area contributed by atoms with E-state index in [0.29, 0.717) is 5.69 Å². The van der Waals surface area contributed by atoms with Crippen LogP contribution in [0.4, 0.5) is 8.78 Å². The zero-order valence-corrected chi connectivity index (χ0v) is 9.31. The molecule has 3 fully saturated rings. The Hall–Kier alpha value is -1.08. The molecule has 2 bridgehead atoms. The largest absolute Gasteiger partial charge is 0.387 e. The normalized spacial score (nSPS) is 37.2. The topological polar surface area (TPSA) is 60.2 Å². The highest BCUT2D eigenvalue weighted by molar-refractivity contribution is 5.16. The maximum absolute atomic E-state index is 12.8. The van der Waals surface area contributed by atoms with Gasteiger partial charge in [-0.05, 0) is 6.92 Å². The number of hydrogen-bond acceptors (Lipinski definition) is 4. The molecular weight excluding hydrogens is 232 g/mol. The number of alkyl halides is 2. The highest BCUT2D eigenvalue weighted by atomic mass is 19.3. The lowest BCUT2D eigenvalue weighted by molar-refractivity contribution is -0.128. The second-order valence-electron chi connectivity index (χ2n) is 5.00. The van der Waals surface area contributed by atoms with E-state index in [2.05, 4.69) is 10.3 Å². The molecule has 1 N–H and O–H groups in total. The van der Waals surface area contributed by atoms with Crippen LogP contribution in [0.25, 0.3) is 0 Å². The lowest BCUT2D eigenvalue weighted by Gasteiger charge is -2.43. The van der Waals surface area contributed by atoms with Gasteiger partial charge in [0.1, 0.15) is 11.3 Å². The Bertz CT molecular complexity index is 441. The predicted octanol–water partition coefficient (Wildman–Crippen LogP) is 0.855. The third-order valence-electron chi connectivity index (χ3n) is 3.71. The number of aromatic nitrogens is 3. The number of rotatable bonds is 3. The zero-order valence-electron chi connectivity index (χ0n) is 9.31. The Balaban J connectivity index is 1.83. The quantitative estimate of drug-likeness (QED) is 0.857. The van der Waals surface area contributed by atoms with Crippen LogP contribution in [-0.2, 0) is 10.3 Å². The highest BCUT2D eigenvalue weighted by Crippen LogP contribution is 2.58. The molecule has 1 saturated carbocycles. The average molecular weight is 245 g/mol. The van der Waals surface area contributed by atoms with Crippen LogP contribution in [0, 0.1) is 0 Å². The molecular formula is C10H13F2N3O2. The molecule has 94 valence electrons. The van der Waals surface area contributed by atoms with E-state index in [0.717, 1.165) is 0 Å². The summed E-state index contributed by atoms with van der Waals surface area (Å²) in [4.78, 5) is 0. The molecule has 4 rings (SSSR count). The fraction of sp³-hybridized carbons (Fsp3) is 0.800. The summed E-state index contributed by atoms with van der Waals surface area (Å²) in [5.41, 5.74) is -1.33. The van der Waals surface area contributed by atoms with Gasteiger partial charge in [-0.25, -0.2) is 13.5 Å². The number of halogens is 2. The maximum Gasteiger partial charge on any atom is 0.267 e. The third-order valence-corrected chi connectivity index (χ3v) is 3.71. The molecule has 1 aromatic heterocycles. The Kier molecular flexibility index (Phi) is 2.10. The Morgan fingerprint density at radius 2 is 2.24 bits per heavy atom. The van der Waals surface area contributed by atoms with Gasteiger partial charge in [0, 0.05) is 12.8 Å². The summed E-state index contributed by atoms with van der Waals surface area (Å²) in [6.45, 7) is 1.82. The fourth-order valence-electron chi connectivity index (χ4n) is 2.69. The minimum absolute atomic E-state index is 0.236. The number of ether oxygens (including phenoxy) is 1. The first-order valence-electron chi connectivity index (χ1n) is 5.50. The number of nitrogens with zero attached hydrogens (tertiary/aromatic N) is 3. The first-order chi connectivity index (χ1) is 7.97. The maximum atomic E-state index is 12.8. The fourth-order valence-corrected chi connectivity index (χ4v) is 2.69. The molecule has 0 amide bonds. The van der Waals surface area contributed by atoms with E-state index in [1.54, 1.807) is 17.8 Å². The molecule has 0 radical (unpaired) electrons. The molecule has 2 saturated heterocycles. The van der Waals surface area contributed by atoms with Crippen molar-refractivity contribution in [2.24, 2.45) is 0 Å². The Labute approximate surface area is 96.4 Å². The van der Waals surface area contributed by atoms with Crippen molar-refractivity contribution in [2.45, 2.75) is 43.4 Å². The SMILES string of the molecule is C[C@H](O)c1cn(C23COC(C(F)F)(C2)C3)nn1. The van der Waals surface area contributed by atoms with Crippen molar-refractivity contribution < 1.29 is 18.6 Å². The standard InChI is InChI=1S/C10H13F2N3O2/c1-6(16)7-2-15(14-13-7)9-3-10(4-9,8(11)12)17-5-9/h2,6,8,16H,3-5H2,1H3/t6-,9?,10?/m0/s1. The first kappa shape index (κ1) is 11.0. The summed E-state index contributed by atoms with van der Waals surface area (Å²) >= 11 is 0. The number of aliphatic hydroxyl groups is 1. The van der Waals surface area contributed by atoms with Crippen molar-refractivity contribution in [1.29, 1.82) is 0 Å². The van der Waals surface area contributed by atoms with Crippen molar-refractivity contribution in [3.8, 4) is 0 Å². The third kappa shape index (κ3) is 1.35. The Morgan fingerprint density at radius 1 is 1.53 bits per heavy atom. The first-order valence-corrected chi connectivity index (χ1v) is 5.50. The molecule has 1 atom stereocenters. The van der Waals surface area contributed by atoms with E-state index >= 15 is 0 Å². The highest BCUT2D eigenvalue weighted by Gasteiger charge is 2.68. The lowest BCUT2D eigenvalue weighted by atomic mass is 9.68. The van der Waals surface area contributed by atoms with Gasteiger partial charge in [-0.15, -0.1) is 5.10 Å². The molecule has 0 aromatic carbocycles. The monoisotopic (exact) mass is 245 g/mol. The van der Waals surface area contributed by atoms with E-state index in [4.69, 9.17) is 4.74 Å². The molecule has 7 heteroatoms. The van der Waals surface area contributed by atoms with Crippen LogP contribution in [0.5, 0.6) is 0 Å². The van der Waals surface area contributed by atoms with Gasteiger partial charge in [0.05, 0.1) is 24.4 Å². The van der Waals surface area contributed by atoms with Gasteiger partial charge in [-0.3, -0.25) is 0 Å². The van der Waals surface area contributed by atoms with E-state index in [1.807, 2.05) is 0 Å². The molecule has 17 heavy (non-hydrogen) atoms. The van der Waals surface area contributed by atoms with Crippen LogP contribution < -0.4 is 0 Å². The summed E-state index contributed by atoms with van der Waals surface area (Å²) in [5, 5.41) is 17.1. The van der Waals surface area contributed by atoms with Gasteiger partial charge in [-0.2, -0.15) is 0 Å². The minimum atomic E-state index is -2.46. The predicted molar refractivity (Wildman–Crippen MR) is 52.6 cm³/mol. The van der Waals surface area contributed by atoms with Crippen LogP contribution in [0.1, 0.15) is 31.6 Å². The minimum Gasteiger partial charge on any atom is -0.387 e. The Morgan fingerprint density at radius 3 is 2.71 bits per heavy atom. The van der Waals surface area contributed by atoms with E-state index in [1.165, 1.54) is 0 Å². The number of fused-ring (bicyclic) bond motifs is 1. The van der Waals surface area contributed by atoms with Crippen LogP contribution in [0.15, 0.2) is 6.20 Å². The summed E-state index contributed by atoms with van der Waals surface area (Å²) in [5.74, 6) is 0. The van der Waals surface area contributed by atoms with Gasteiger partial charge in [-0.1, -0.05) is 5.21 Å². The lowest BCUT2D eigenvalue weighted by Crippen LogP contribution is -2.54. The van der Waals surface area contributed by atoms with Gasteiger partial charge in [0.15, 0.2) is 0 Å². The van der Waals surface area contributed by atoms with E-state index < -0.39 is 23.7 Å². The van der Waals surface area contributed by atoms with Gasteiger partial charge in [0.2, 0.25) is 0 Å². The second-order valence-corrected chi connectivity index (χ2v) is 5.00. The molecule has 0 spiro atoms. The molecule has 0 unspecified atom stereocenters. The van der Waals surface area contributed by atoms with Crippen molar-refractivity contribution >= 4 is 0 Å².